The molecule has 0 N–H and O–H groups in total. The Kier molecular flexibility index (Phi) is 5.46. The number of benzene rings is 2. The molecular formula is C21H22O5. The fourth-order valence-electron chi connectivity index (χ4n) is 2.75. The van der Waals surface area contributed by atoms with Crippen LogP contribution in [0.2, 0.25) is 0 Å². The molecule has 0 amide bonds. The van der Waals surface area contributed by atoms with Gasteiger partial charge in [0.15, 0.2) is 17.3 Å². The van der Waals surface area contributed by atoms with Gasteiger partial charge in [-0.3, -0.25) is 4.79 Å². The molecule has 26 heavy (non-hydrogen) atoms. The third kappa shape index (κ3) is 3.67. The summed E-state index contributed by atoms with van der Waals surface area (Å²) in [5.41, 5.74) is 1.94. The first-order chi connectivity index (χ1) is 12.7. The van der Waals surface area contributed by atoms with Crippen LogP contribution in [0, 0.1) is 0 Å². The van der Waals surface area contributed by atoms with Crippen LogP contribution >= 0.6 is 0 Å². The number of hydrogen-bond donors (Lipinski definition) is 0. The summed E-state index contributed by atoms with van der Waals surface area (Å²) in [5, 5.41) is 0. The van der Waals surface area contributed by atoms with Crippen molar-refractivity contribution in [3.05, 3.63) is 53.1 Å². The zero-order chi connectivity index (χ0) is 18.5. The summed E-state index contributed by atoms with van der Waals surface area (Å²) < 4.78 is 22.0. The van der Waals surface area contributed by atoms with Gasteiger partial charge in [-0.2, -0.15) is 0 Å². The van der Waals surface area contributed by atoms with Gasteiger partial charge < -0.3 is 18.9 Å². The Hall–Kier alpha value is -2.95. The number of hydrogen-bond acceptors (Lipinski definition) is 5. The zero-order valence-corrected chi connectivity index (χ0v) is 15.2. The molecule has 0 unspecified atom stereocenters. The maximum Gasteiger partial charge on any atom is 0.196 e. The van der Waals surface area contributed by atoms with E-state index in [0.29, 0.717) is 40.7 Å². The van der Waals surface area contributed by atoms with Crippen LogP contribution in [0.3, 0.4) is 0 Å². The average Bonchev–Trinajstić information content (AvgIpc) is 2.68. The number of ether oxygens (including phenoxy) is 4. The molecule has 136 valence electrons. The van der Waals surface area contributed by atoms with Crippen molar-refractivity contribution in [1.82, 2.24) is 0 Å². The fourth-order valence-corrected chi connectivity index (χ4v) is 2.75. The first-order valence-corrected chi connectivity index (χ1v) is 8.53. The van der Waals surface area contributed by atoms with Crippen molar-refractivity contribution in [3.63, 3.8) is 0 Å². The molecule has 0 atom stereocenters. The average molecular weight is 354 g/mol. The lowest BCUT2D eigenvalue weighted by Gasteiger charge is -2.19. The van der Waals surface area contributed by atoms with Gasteiger partial charge in [0.25, 0.3) is 0 Å². The second-order valence-corrected chi connectivity index (χ2v) is 5.91. The Morgan fingerprint density at radius 3 is 2.65 bits per heavy atom. The Balaban J connectivity index is 1.89. The third-order valence-corrected chi connectivity index (χ3v) is 4.10. The quantitative estimate of drug-likeness (QED) is 0.730. The van der Waals surface area contributed by atoms with E-state index in [9.17, 15) is 4.79 Å². The van der Waals surface area contributed by atoms with Crippen LogP contribution in [-0.4, -0.2) is 33.2 Å². The summed E-state index contributed by atoms with van der Waals surface area (Å²) in [6, 6.07) is 10.8. The van der Waals surface area contributed by atoms with E-state index in [-0.39, 0.29) is 12.4 Å². The molecule has 1 aliphatic heterocycles. The summed E-state index contributed by atoms with van der Waals surface area (Å²) in [7, 11) is 3.17. The van der Waals surface area contributed by atoms with Crippen LogP contribution in [-0.2, 0) is 0 Å². The first-order valence-electron chi connectivity index (χ1n) is 8.53. The standard InChI is InChI=1S/C21H22O5/c1-4-9-25-19-7-5-14(11-20(19)24-3)10-15-13-26-18-8-6-16(23-2)12-17(18)21(15)22/h5-8,10-12H,4,9,13H2,1-3H3/b15-10+. The first kappa shape index (κ1) is 17.9. The van der Waals surface area contributed by atoms with Crippen LogP contribution in [0.25, 0.3) is 6.08 Å². The van der Waals surface area contributed by atoms with Gasteiger partial charge in [-0.15, -0.1) is 0 Å². The number of ketones is 1. The number of rotatable bonds is 6. The highest BCUT2D eigenvalue weighted by Gasteiger charge is 2.24. The molecule has 5 heteroatoms. The molecule has 0 saturated heterocycles. The molecule has 5 nitrogen and oxygen atoms in total. The molecule has 2 aromatic rings. The second kappa shape index (κ2) is 7.95. The van der Waals surface area contributed by atoms with E-state index in [1.54, 1.807) is 32.4 Å². The highest BCUT2D eigenvalue weighted by atomic mass is 16.5. The predicted octanol–water partition coefficient (Wildman–Crippen LogP) is 4.15. The molecule has 0 fully saturated rings. The van der Waals surface area contributed by atoms with Crippen molar-refractivity contribution in [1.29, 1.82) is 0 Å². The maximum absolute atomic E-state index is 12.8. The fraction of sp³-hybridized carbons (Fsp3) is 0.286. The van der Waals surface area contributed by atoms with Crippen LogP contribution in [0.1, 0.15) is 29.3 Å². The van der Waals surface area contributed by atoms with Crippen LogP contribution in [0.5, 0.6) is 23.0 Å². The largest absolute Gasteiger partial charge is 0.497 e. The predicted molar refractivity (Wildman–Crippen MR) is 99.6 cm³/mol. The second-order valence-electron chi connectivity index (χ2n) is 5.91. The van der Waals surface area contributed by atoms with Crippen molar-refractivity contribution in [2.75, 3.05) is 27.4 Å². The van der Waals surface area contributed by atoms with Gasteiger partial charge >= 0.3 is 0 Å². The number of carbonyl (C=O) groups excluding carboxylic acids is 1. The summed E-state index contributed by atoms with van der Waals surface area (Å²) in [6.45, 7) is 2.91. The summed E-state index contributed by atoms with van der Waals surface area (Å²) >= 11 is 0. The van der Waals surface area contributed by atoms with Gasteiger partial charge in [-0.1, -0.05) is 13.0 Å². The molecule has 0 aliphatic carbocycles. The molecule has 0 spiro atoms. The molecule has 0 radical (unpaired) electrons. The maximum atomic E-state index is 12.8. The van der Waals surface area contributed by atoms with Gasteiger partial charge in [-0.25, -0.2) is 0 Å². The van der Waals surface area contributed by atoms with Crippen LogP contribution in [0.15, 0.2) is 42.0 Å². The monoisotopic (exact) mass is 354 g/mol. The summed E-state index contributed by atoms with van der Waals surface area (Å²) in [6.07, 6.45) is 2.74. The minimum Gasteiger partial charge on any atom is -0.497 e. The van der Waals surface area contributed by atoms with E-state index < -0.39 is 0 Å². The topological polar surface area (TPSA) is 54.0 Å². The minimum atomic E-state index is -0.0598. The van der Waals surface area contributed by atoms with E-state index >= 15 is 0 Å². The van der Waals surface area contributed by atoms with Gasteiger partial charge in [0.2, 0.25) is 0 Å². The molecule has 1 aliphatic rings. The van der Waals surface area contributed by atoms with Crippen LogP contribution in [0.4, 0.5) is 0 Å². The highest BCUT2D eigenvalue weighted by molar-refractivity contribution is 6.14. The van der Waals surface area contributed by atoms with Crippen molar-refractivity contribution in [3.8, 4) is 23.0 Å². The zero-order valence-electron chi connectivity index (χ0n) is 15.2. The minimum absolute atomic E-state index is 0.0598. The van der Waals surface area contributed by atoms with Gasteiger partial charge in [0.1, 0.15) is 18.1 Å². The highest BCUT2D eigenvalue weighted by Crippen LogP contribution is 2.33. The molecule has 1 heterocycles. The molecule has 0 saturated carbocycles. The van der Waals surface area contributed by atoms with Gasteiger partial charge in [0, 0.05) is 5.57 Å². The normalized spacial score (nSPS) is 14.6. The van der Waals surface area contributed by atoms with E-state index in [2.05, 4.69) is 0 Å². The van der Waals surface area contributed by atoms with E-state index in [4.69, 9.17) is 18.9 Å². The Labute approximate surface area is 153 Å². The lowest BCUT2D eigenvalue weighted by atomic mass is 9.98. The molecule has 0 bridgehead atoms. The summed E-state index contributed by atoms with van der Waals surface area (Å²) in [5.74, 6) is 2.47. The molecular weight excluding hydrogens is 332 g/mol. The smallest absolute Gasteiger partial charge is 0.196 e. The van der Waals surface area contributed by atoms with Gasteiger partial charge in [-0.05, 0) is 48.4 Å². The number of Topliss-reactive ketones (excluding diaryl/α,β-unsaturated/α-hetero) is 1. The molecule has 2 aromatic carbocycles. The molecule has 0 aromatic heterocycles. The Morgan fingerprint density at radius 1 is 1.08 bits per heavy atom. The van der Waals surface area contributed by atoms with E-state index in [0.717, 1.165) is 12.0 Å². The van der Waals surface area contributed by atoms with Crippen molar-refractivity contribution in [2.45, 2.75) is 13.3 Å². The number of fused-ring (bicyclic) bond motifs is 1. The van der Waals surface area contributed by atoms with Gasteiger partial charge in [0.05, 0.1) is 26.4 Å². The van der Waals surface area contributed by atoms with Crippen molar-refractivity contribution >= 4 is 11.9 Å². The lowest BCUT2D eigenvalue weighted by Crippen LogP contribution is -2.19. The SMILES string of the molecule is CCCOc1ccc(/C=C2\COc3ccc(OC)cc3C2=O)cc1OC. The Morgan fingerprint density at radius 2 is 1.92 bits per heavy atom. The lowest BCUT2D eigenvalue weighted by molar-refractivity contribution is 0.100. The van der Waals surface area contributed by atoms with E-state index in [1.807, 2.05) is 31.2 Å². The number of methoxy groups -OCH3 is 2. The van der Waals surface area contributed by atoms with E-state index in [1.165, 1.54) is 0 Å². The number of carbonyl (C=O) groups is 1. The van der Waals surface area contributed by atoms with Crippen molar-refractivity contribution in [2.24, 2.45) is 0 Å². The third-order valence-electron chi connectivity index (χ3n) is 4.10. The summed E-state index contributed by atoms with van der Waals surface area (Å²) in [4.78, 5) is 12.8. The van der Waals surface area contributed by atoms with Crippen molar-refractivity contribution < 1.29 is 23.7 Å². The molecule has 3 rings (SSSR count). The Bertz CT molecular complexity index is 838. The van der Waals surface area contributed by atoms with Crippen LogP contribution < -0.4 is 18.9 Å².